The fourth-order valence-corrected chi connectivity index (χ4v) is 3.63. The van der Waals surface area contributed by atoms with Gasteiger partial charge in [0.25, 0.3) is 0 Å². The van der Waals surface area contributed by atoms with Crippen molar-refractivity contribution in [1.82, 2.24) is 15.1 Å². The van der Waals surface area contributed by atoms with Crippen molar-refractivity contribution < 1.29 is 0 Å². The lowest BCUT2D eigenvalue weighted by Gasteiger charge is -2.39. The highest BCUT2D eigenvalue weighted by Gasteiger charge is 2.30. The van der Waals surface area contributed by atoms with Crippen LogP contribution in [0.15, 0.2) is 0 Å². The van der Waals surface area contributed by atoms with Crippen LogP contribution < -0.4 is 5.32 Å². The third-order valence-electron chi connectivity index (χ3n) is 4.73. The summed E-state index contributed by atoms with van der Waals surface area (Å²) in [6.07, 6.45) is 7.02. The summed E-state index contributed by atoms with van der Waals surface area (Å²) in [4.78, 5) is 4.81. The first-order chi connectivity index (χ1) is 9.56. The van der Waals surface area contributed by atoms with E-state index < -0.39 is 0 Å². The van der Waals surface area contributed by atoms with Gasteiger partial charge in [0.05, 0.1) is 0 Å². The summed E-state index contributed by atoms with van der Waals surface area (Å²) >= 11 is 0. The van der Waals surface area contributed by atoms with E-state index in [2.05, 4.69) is 50.1 Å². The Morgan fingerprint density at radius 3 is 2.40 bits per heavy atom. The van der Waals surface area contributed by atoms with Crippen LogP contribution in [0.25, 0.3) is 0 Å². The molecule has 3 atom stereocenters. The molecule has 0 heterocycles. The Labute approximate surface area is 127 Å². The lowest BCUT2D eigenvalue weighted by atomic mass is 9.76. The van der Waals surface area contributed by atoms with E-state index in [9.17, 15) is 0 Å². The third-order valence-corrected chi connectivity index (χ3v) is 4.73. The molecule has 20 heavy (non-hydrogen) atoms. The van der Waals surface area contributed by atoms with Gasteiger partial charge in [-0.15, -0.1) is 0 Å². The summed E-state index contributed by atoms with van der Waals surface area (Å²) in [5.74, 6) is 1.81. The third kappa shape index (κ3) is 6.55. The summed E-state index contributed by atoms with van der Waals surface area (Å²) in [5, 5.41) is 3.73. The molecule has 1 fully saturated rings. The molecule has 3 heteroatoms. The molecule has 0 spiro atoms. The van der Waals surface area contributed by atoms with Crippen molar-refractivity contribution in [3.05, 3.63) is 0 Å². The van der Waals surface area contributed by atoms with Gasteiger partial charge in [0.15, 0.2) is 0 Å². The van der Waals surface area contributed by atoms with Crippen molar-refractivity contribution in [3.8, 4) is 0 Å². The predicted octanol–water partition coefficient (Wildman–Crippen LogP) is 2.67. The molecule has 0 amide bonds. The summed E-state index contributed by atoms with van der Waals surface area (Å²) < 4.78 is 0. The highest BCUT2D eigenvalue weighted by atomic mass is 15.2. The molecule has 0 aromatic carbocycles. The van der Waals surface area contributed by atoms with Gasteiger partial charge in [-0.2, -0.15) is 0 Å². The number of hydrogen-bond acceptors (Lipinski definition) is 3. The Hall–Kier alpha value is -0.120. The molecule has 0 radical (unpaired) electrons. The number of hydrogen-bond donors (Lipinski definition) is 1. The number of nitrogens with one attached hydrogen (secondary N) is 1. The summed E-state index contributed by atoms with van der Waals surface area (Å²) in [6.45, 7) is 9.28. The Morgan fingerprint density at radius 1 is 1.05 bits per heavy atom. The topological polar surface area (TPSA) is 18.5 Å². The lowest BCUT2D eigenvalue weighted by molar-refractivity contribution is 0.146. The molecule has 1 aliphatic rings. The molecule has 1 rings (SSSR count). The average Bonchev–Trinajstić information content (AvgIpc) is 2.40. The van der Waals surface area contributed by atoms with Crippen LogP contribution in [-0.4, -0.2) is 63.2 Å². The van der Waals surface area contributed by atoms with Crippen molar-refractivity contribution in [1.29, 1.82) is 0 Å². The van der Waals surface area contributed by atoms with Gasteiger partial charge in [-0.3, -0.25) is 0 Å². The maximum atomic E-state index is 3.73. The molecule has 0 aliphatic heterocycles. The first-order valence-corrected chi connectivity index (χ1v) is 8.63. The highest BCUT2D eigenvalue weighted by molar-refractivity contribution is 4.86. The number of nitrogens with zero attached hydrogens (tertiary/aromatic N) is 2. The minimum absolute atomic E-state index is 0.745. The molecule has 3 unspecified atom stereocenters. The fourth-order valence-electron chi connectivity index (χ4n) is 3.63. The van der Waals surface area contributed by atoms with Gasteiger partial charge < -0.3 is 15.1 Å². The Kier molecular flexibility index (Phi) is 8.74. The van der Waals surface area contributed by atoms with Crippen LogP contribution in [0.1, 0.15) is 46.0 Å². The monoisotopic (exact) mass is 283 g/mol. The van der Waals surface area contributed by atoms with Crippen molar-refractivity contribution in [2.45, 2.75) is 52.0 Å². The van der Waals surface area contributed by atoms with Crippen molar-refractivity contribution >= 4 is 0 Å². The van der Waals surface area contributed by atoms with Gasteiger partial charge in [-0.1, -0.05) is 26.7 Å². The summed E-state index contributed by atoms with van der Waals surface area (Å²) in [5.41, 5.74) is 0. The first-order valence-electron chi connectivity index (χ1n) is 8.63. The van der Waals surface area contributed by atoms with E-state index in [1.807, 2.05) is 0 Å². The molecular formula is C17H37N3. The van der Waals surface area contributed by atoms with Crippen molar-refractivity contribution in [3.63, 3.8) is 0 Å². The fraction of sp³-hybridized carbons (Fsp3) is 1.00. The SMILES string of the molecule is CCCC1CCC(NCC)C(CN(C)CCN(C)C)C1. The van der Waals surface area contributed by atoms with E-state index >= 15 is 0 Å². The average molecular weight is 284 g/mol. The molecule has 1 N–H and O–H groups in total. The lowest BCUT2D eigenvalue weighted by Crippen LogP contribution is -2.46. The van der Waals surface area contributed by atoms with Crippen molar-refractivity contribution in [2.75, 3.05) is 47.3 Å². The normalized spacial score (nSPS) is 27.4. The summed E-state index contributed by atoms with van der Waals surface area (Å²) in [6, 6.07) is 0.745. The van der Waals surface area contributed by atoms with Gasteiger partial charge in [0, 0.05) is 25.7 Å². The largest absolute Gasteiger partial charge is 0.314 e. The standard InChI is InChI=1S/C17H37N3/c1-6-8-15-9-10-17(18-7-2)16(13-15)14-20(5)12-11-19(3)4/h15-18H,6-14H2,1-5H3. The Balaban J connectivity index is 2.46. The molecular weight excluding hydrogens is 246 g/mol. The minimum atomic E-state index is 0.745. The molecule has 1 aliphatic carbocycles. The molecule has 0 aromatic heterocycles. The second-order valence-electron chi connectivity index (χ2n) is 6.96. The van der Waals surface area contributed by atoms with Crippen LogP contribution in [0.2, 0.25) is 0 Å². The first kappa shape index (κ1) is 17.9. The molecule has 0 saturated heterocycles. The van der Waals surface area contributed by atoms with Crippen LogP contribution >= 0.6 is 0 Å². The molecule has 0 bridgehead atoms. The molecule has 0 aromatic rings. The van der Waals surface area contributed by atoms with Crippen molar-refractivity contribution in [2.24, 2.45) is 11.8 Å². The quantitative estimate of drug-likeness (QED) is 0.702. The molecule has 1 saturated carbocycles. The Bertz CT molecular complexity index is 242. The van der Waals surface area contributed by atoms with E-state index in [-0.39, 0.29) is 0 Å². The Morgan fingerprint density at radius 2 is 1.80 bits per heavy atom. The zero-order valence-electron chi connectivity index (χ0n) is 14.5. The van der Waals surface area contributed by atoms with Gasteiger partial charge in [-0.25, -0.2) is 0 Å². The van der Waals surface area contributed by atoms with Gasteiger partial charge >= 0.3 is 0 Å². The van der Waals surface area contributed by atoms with Gasteiger partial charge in [0.1, 0.15) is 0 Å². The maximum Gasteiger partial charge on any atom is 0.0108 e. The predicted molar refractivity (Wildman–Crippen MR) is 89.3 cm³/mol. The second kappa shape index (κ2) is 9.75. The second-order valence-corrected chi connectivity index (χ2v) is 6.96. The van der Waals surface area contributed by atoms with E-state index in [4.69, 9.17) is 0 Å². The number of rotatable bonds is 9. The maximum absolute atomic E-state index is 3.73. The van der Waals surface area contributed by atoms with E-state index in [1.54, 1.807) is 0 Å². The number of likely N-dealkylation sites (N-methyl/N-ethyl adjacent to an activating group) is 2. The van der Waals surface area contributed by atoms with Crippen LogP contribution in [0.3, 0.4) is 0 Å². The van der Waals surface area contributed by atoms with E-state index in [1.165, 1.54) is 45.2 Å². The van der Waals surface area contributed by atoms with Crippen LogP contribution in [-0.2, 0) is 0 Å². The van der Waals surface area contributed by atoms with Gasteiger partial charge in [-0.05, 0) is 58.8 Å². The van der Waals surface area contributed by atoms with Gasteiger partial charge in [0.2, 0.25) is 0 Å². The van der Waals surface area contributed by atoms with Crippen LogP contribution in [0.4, 0.5) is 0 Å². The van der Waals surface area contributed by atoms with E-state index in [0.29, 0.717) is 0 Å². The smallest absolute Gasteiger partial charge is 0.0108 e. The van der Waals surface area contributed by atoms with E-state index in [0.717, 1.165) is 31.0 Å². The highest BCUT2D eigenvalue weighted by Crippen LogP contribution is 2.32. The summed E-state index contributed by atoms with van der Waals surface area (Å²) in [7, 11) is 6.61. The zero-order valence-corrected chi connectivity index (χ0v) is 14.5. The molecule has 120 valence electrons. The zero-order chi connectivity index (χ0) is 15.0. The minimum Gasteiger partial charge on any atom is -0.314 e. The van der Waals surface area contributed by atoms with Crippen LogP contribution in [0, 0.1) is 11.8 Å². The van der Waals surface area contributed by atoms with Crippen LogP contribution in [0.5, 0.6) is 0 Å². The molecule has 3 nitrogen and oxygen atoms in total.